The highest BCUT2D eigenvalue weighted by molar-refractivity contribution is 14.1. The first-order chi connectivity index (χ1) is 5.83. The lowest BCUT2D eigenvalue weighted by Gasteiger charge is -1.97. The van der Waals surface area contributed by atoms with Crippen molar-refractivity contribution >= 4 is 28.4 Å². The fraction of sp³-hybridized carbons (Fsp3) is 0.300. The van der Waals surface area contributed by atoms with E-state index in [4.69, 9.17) is 0 Å². The number of hydrogen-bond donors (Lipinski definition) is 0. The van der Waals surface area contributed by atoms with E-state index in [0.717, 1.165) is 9.99 Å². The third kappa shape index (κ3) is 3.34. The van der Waals surface area contributed by atoms with Crippen LogP contribution in [0.2, 0.25) is 0 Å². The topological polar surface area (TPSA) is 17.1 Å². The maximum Gasteiger partial charge on any atom is 0.138 e. The van der Waals surface area contributed by atoms with Crippen LogP contribution in [0.1, 0.15) is 12.0 Å². The van der Waals surface area contributed by atoms with Gasteiger partial charge in [0.05, 0.1) is 0 Å². The summed E-state index contributed by atoms with van der Waals surface area (Å²) in [6.45, 7) is 0. The maximum atomic E-state index is 11.2. The lowest BCUT2D eigenvalue weighted by atomic mass is 10.1. The molecular formula is C10H11IO. The summed E-state index contributed by atoms with van der Waals surface area (Å²) in [7, 11) is 0. The van der Waals surface area contributed by atoms with Crippen LogP contribution in [0.15, 0.2) is 30.3 Å². The molecule has 0 heterocycles. The SMILES string of the molecule is O=C(CCI)Cc1ccccc1. The molecule has 0 saturated heterocycles. The molecule has 1 aromatic rings. The van der Waals surface area contributed by atoms with Crippen molar-refractivity contribution in [3.8, 4) is 0 Å². The number of benzene rings is 1. The van der Waals surface area contributed by atoms with Gasteiger partial charge >= 0.3 is 0 Å². The summed E-state index contributed by atoms with van der Waals surface area (Å²) in [5, 5.41) is 0. The summed E-state index contributed by atoms with van der Waals surface area (Å²) in [5.41, 5.74) is 1.12. The molecule has 0 aliphatic rings. The standard InChI is InChI=1S/C10H11IO/c11-7-6-10(12)8-9-4-2-1-3-5-9/h1-5H,6-8H2. The minimum absolute atomic E-state index is 0.329. The molecule has 0 amide bonds. The molecule has 0 aromatic heterocycles. The molecule has 0 aliphatic heterocycles. The molecule has 64 valence electrons. The van der Waals surface area contributed by atoms with Crippen LogP contribution in [0, 0.1) is 0 Å². The average Bonchev–Trinajstić information content (AvgIpc) is 2.06. The van der Waals surface area contributed by atoms with Gasteiger partial charge in [0, 0.05) is 17.3 Å². The van der Waals surface area contributed by atoms with Gasteiger partial charge in [-0.2, -0.15) is 0 Å². The number of halogens is 1. The zero-order valence-corrected chi connectivity index (χ0v) is 8.95. The minimum atomic E-state index is 0.329. The van der Waals surface area contributed by atoms with E-state index >= 15 is 0 Å². The minimum Gasteiger partial charge on any atom is -0.299 e. The fourth-order valence-electron chi connectivity index (χ4n) is 1.02. The van der Waals surface area contributed by atoms with Gasteiger partial charge in [-0.15, -0.1) is 0 Å². The fourth-order valence-corrected chi connectivity index (χ4v) is 1.62. The van der Waals surface area contributed by atoms with Crippen LogP contribution in [0.5, 0.6) is 0 Å². The van der Waals surface area contributed by atoms with Gasteiger partial charge in [0.2, 0.25) is 0 Å². The Morgan fingerprint density at radius 2 is 1.92 bits per heavy atom. The predicted molar refractivity (Wildman–Crippen MR) is 58.7 cm³/mol. The van der Waals surface area contributed by atoms with Crippen LogP contribution in [-0.2, 0) is 11.2 Å². The summed E-state index contributed by atoms with van der Waals surface area (Å²) in [5.74, 6) is 0.329. The van der Waals surface area contributed by atoms with Gasteiger partial charge < -0.3 is 0 Å². The van der Waals surface area contributed by atoms with Gasteiger partial charge in [0.1, 0.15) is 5.78 Å². The van der Waals surface area contributed by atoms with Crippen molar-refractivity contribution < 1.29 is 4.79 Å². The van der Waals surface area contributed by atoms with Crippen molar-refractivity contribution in [2.24, 2.45) is 0 Å². The molecule has 12 heavy (non-hydrogen) atoms. The number of carbonyl (C=O) groups is 1. The van der Waals surface area contributed by atoms with Gasteiger partial charge in [-0.25, -0.2) is 0 Å². The highest BCUT2D eigenvalue weighted by atomic mass is 127. The number of ketones is 1. The Balaban J connectivity index is 2.47. The zero-order valence-electron chi connectivity index (χ0n) is 6.79. The molecule has 0 fully saturated rings. The van der Waals surface area contributed by atoms with Gasteiger partial charge in [-0.05, 0) is 5.56 Å². The van der Waals surface area contributed by atoms with Gasteiger partial charge in [-0.1, -0.05) is 52.9 Å². The Bertz CT molecular complexity index is 243. The number of hydrogen-bond acceptors (Lipinski definition) is 1. The normalized spacial score (nSPS) is 9.75. The summed E-state index contributed by atoms with van der Waals surface area (Å²) in [6.07, 6.45) is 1.28. The van der Waals surface area contributed by atoms with Crippen molar-refractivity contribution in [2.45, 2.75) is 12.8 Å². The van der Waals surface area contributed by atoms with Gasteiger partial charge in [-0.3, -0.25) is 4.79 Å². The highest BCUT2D eigenvalue weighted by Gasteiger charge is 2.00. The molecule has 0 spiro atoms. The molecule has 0 radical (unpaired) electrons. The second-order valence-corrected chi connectivity index (χ2v) is 3.72. The van der Waals surface area contributed by atoms with E-state index in [-0.39, 0.29) is 0 Å². The molecule has 0 N–H and O–H groups in total. The molecule has 1 rings (SSSR count). The molecule has 2 heteroatoms. The van der Waals surface area contributed by atoms with Crippen molar-refractivity contribution in [2.75, 3.05) is 4.43 Å². The van der Waals surface area contributed by atoms with Gasteiger partial charge in [0.25, 0.3) is 0 Å². The summed E-state index contributed by atoms with van der Waals surface area (Å²) in [6, 6.07) is 9.88. The lowest BCUT2D eigenvalue weighted by Crippen LogP contribution is -2.02. The van der Waals surface area contributed by atoms with Crippen LogP contribution in [-0.4, -0.2) is 10.2 Å². The Hall–Kier alpha value is -0.380. The molecule has 0 aliphatic carbocycles. The van der Waals surface area contributed by atoms with Crippen molar-refractivity contribution in [1.29, 1.82) is 0 Å². The number of carbonyl (C=O) groups excluding carboxylic acids is 1. The van der Waals surface area contributed by atoms with E-state index in [1.807, 2.05) is 30.3 Å². The molecule has 1 nitrogen and oxygen atoms in total. The predicted octanol–water partition coefficient (Wildman–Crippen LogP) is 2.62. The Morgan fingerprint density at radius 3 is 2.50 bits per heavy atom. The van der Waals surface area contributed by atoms with Crippen LogP contribution in [0.25, 0.3) is 0 Å². The molecule has 0 saturated carbocycles. The first-order valence-corrected chi connectivity index (χ1v) is 5.47. The molecule has 1 aromatic carbocycles. The largest absolute Gasteiger partial charge is 0.299 e. The first-order valence-electron chi connectivity index (χ1n) is 3.94. The van der Waals surface area contributed by atoms with Crippen molar-refractivity contribution in [3.63, 3.8) is 0 Å². The number of alkyl halides is 1. The Labute approximate surface area is 86.3 Å². The van der Waals surface area contributed by atoms with Crippen LogP contribution < -0.4 is 0 Å². The third-order valence-corrected chi connectivity index (χ3v) is 2.16. The van der Waals surface area contributed by atoms with Crippen LogP contribution in [0.3, 0.4) is 0 Å². The van der Waals surface area contributed by atoms with E-state index in [0.29, 0.717) is 18.6 Å². The smallest absolute Gasteiger partial charge is 0.138 e. The quantitative estimate of drug-likeness (QED) is 0.609. The van der Waals surface area contributed by atoms with Crippen molar-refractivity contribution in [3.05, 3.63) is 35.9 Å². The molecule has 0 unspecified atom stereocenters. The monoisotopic (exact) mass is 274 g/mol. The summed E-state index contributed by atoms with van der Waals surface area (Å²) >= 11 is 2.22. The molecule has 0 bridgehead atoms. The first kappa shape index (κ1) is 9.71. The van der Waals surface area contributed by atoms with E-state index < -0.39 is 0 Å². The van der Waals surface area contributed by atoms with Crippen LogP contribution in [0.4, 0.5) is 0 Å². The van der Waals surface area contributed by atoms with E-state index in [1.165, 1.54) is 0 Å². The molecular weight excluding hydrogens is 263 g/mol. The second kappa shape index (κ2) is 5.30. The average molecular weight is 274 g/mol. The van der Waals surface area contributed by atoms with Crippen LogP contribution >= 0.6 is 22.6 Å². The number of Topliss-reactive ketones (excluding diaryl/α,β-unsaturated/α-hetero) is 1. The van der Waals surface area contributed by atoms with E-state index in [9.17, 15) is 4.79 Å². The Morgan fingerprint density at radius 1 is 1.25 bits per heavy atom. The maximum absolute atomic E-state index is 11.2. The van der Waals surface area contributed by atoms with Crippen molar-refractivity contribution in [1.82, 2.24) is 0 Å². The van der Waals surface area contributed by atoms with Gasteiger partial charge in [0.15, 0.2) is 0 Å². The number of rotatable bonds is 4. The van der Waals surface area contributed by atoms with E-state index in [1.54, 1.807) is 0 Å². The Kier molecular flexibility index (Phi) is 4.29. The van der Waals surface area contributed by atoms with E-state index in [2.05, 4.69) is 22.6 Å². The second-order valence-electron chi connectivity index (χ2n) is 2.64. The lowest BCUT2D eigenvalue weighted by molar-refractivity contribution is -0.117. The zero-order chi connectivity index (χ0) is 8.81. The highest BCUT2D eigenvalue weighted by Crippen LogP contribution is 2.02. The summed E-state index contributed by atoms with van der Waals surface area (Å²) < 4.78 is 0.920. The molecule has 0 atom stereocenters. The third-order valence-electron chi connectivity index (χ3n) is 1.62. The summed E-state index contributed by atoms with van der Waals surface area (Å²) in [4.78, 5) is 11.2.